The highest BCUT2D eigenvalue weighted by molar-refractivity contribution is 6.00. The summed E-state index contributed by atoms with van der Waals surface area (Å²) >= 11 is 0. The average Bonchev–Trinajstić information content (AvgIpc) is 3.22. The Kier molecular flexibility index (Phi) is 6.94. The van der Waals surface area contributed by atoms with Gasteiger partial charge in [0.2, 0.25) is 6.41 Å². The summed E-state index contributed by atoms with van der Waals surface area (Å²) in [5.41, 5.74) is 2.81. The van der Waals surface area contributed by atoms with Gasteiger partial charge >= 0.3 is 0 Å². The number of ether oxygens (including phenoxy) is 1. The molecule has 0 spiro atoms. The van der Waals surface area contributed by atoms with Crippen molar-refractivity contribution in [2.24, 2.45) is 0 Å². The maximum atomic E-state index is 13.7. The van der Waals surface area contributed by atoms with Crippen LogP contribution < -0.4 is 9.64 Å². The molecule has 2 aromatic heterocycles. The molecule has 0 atom stereocenters. The van der Waals surface area contributed by atoms with E-state index in [-0.39, 0.29) is 12.4 Å². The van der Waals surface area contributed by atoms with Gasteiger partial charge in [-0.15, -0.1) is 0 Å². The Morgan fingerprint density at radius 1 is 1.00 bits per heavy atom. The summed E-state index contributed by atoms with van der Waals surface area (Å²) in [5.74, 6) is 0.682. The van der Waals surface area contributed by atoms with Crippen LogP contribution in [-0.4, -0.2) is 21.1 Å². The summed E-state index contributed by atoms with van der Waals surface area (Å²) in [6.07, 6.45) is 3.99. The van der Waals surface area contributed by atoms with Crippen molar-refractivity contribution in [2.75, 3.05) is 4.90 Å². The van der Waals surface area contributed by atoms with E-state index in [0.717, 1.165) is 28.4 Å². The van der Waals surface area contributed by atoms with E-state index in [0.29, 0.717) is 29.4 Å². The minimum Gasteiger partial charge on any atom is -0.484 e. The monoisotopic (exact) mass is 509 g/mol. The van der Waals surface area contributed by atoms with Gasteiger partial charge < -0.3 is 14.4 Å². The molecular formula is C31H28FN3O3. The normalized spacial score (nSPS) is 11.5. The van der Waals surface area contributed by atoms with E-state index in [2.05, 4.69) is 4.98 Å². The van der Waals surface area contributed by atoms with Gasteiger partial charge in [0.15, 0.2) is 11.6 Å². The number of pyridine rings is 1. The second-order valence-electron chi connectivity index (χ2n) is 9.62. The van der Waals surface area contributed by atoms with E-state index in [1.165, 1.54) is 17.0 Å². The Morgan fingerprint density at radius 2 is 1.76 bits per heavy atom. The van der Waals surface area contributed by atoms with Gasteiger partial charge in [0.05, 0.1) is 23.0 Å². The van der Waals surface area contributed by atoms with Crippen LogP contribution in [-0.2, 0) is 23.5 Å². The van der Waals surface area contributed by atoms with Crippen molar-refractivity contribution in [1.82, 2.24) is 9.55 Å². The van der Waals surface area contributed by atoms with Crippen LogP contribution in [0.5, 0.6) is 5.75 Å². The molecule has 0 aliphatic carbocycles. The Hall–Kier alpha value is -4.49. The van der Waals surface area contributed by atoms with Crippen LogP contribution in [0.25, 0.3) is 10.9 Å². The van der Waals surface area contributed by atoms with E-state index in [1.54, 1.807) is 50.5 Å². The minimum absolute atomic E-state index is 0.274. The summed E-state index contributed by atoms with van der Waals surface area (Å²) < 4.78 is 22.1. The third kappa shape index (κ3) is 5.14. The molecule has 2 heterocycles. The summed E-state index contributed by atoms with van der Waals surface area (Å²) in [6.45, 7) is 4.08. The topological polar surface area (TPSA) is 67.6 Å². The molecule has 0 saturated carbocycles. The number of aliphatic hydroxyl groups is 1. The number of aromatic nitrogens is 2. The van der Waals surface area contributed by atoms with Gasteiger partial charge in [-0.2, -0.15) is 0 Å². The lowest BCUT2D eigenvalue weighted by molar-refractivity contribution is -0.106. The second-order valence-corrected chi connectivity index (χ2v) is 9.62. The smallest absolute Gasteiger partial charge is 0.220 e. The maximum absolute atomic E-state index is 13.7. The molecule has 5 rings (SSSR count). The number of amides is 1. The lowest BCUT2D eigenvalue weighted by atomic mass is 9.97. The van der Waals surface area contributed by atoms with Crippen molar-refractivity contribution in [2.45, 2.75) is 32.6 Å². The fourth-order valence-electron chi connectivity index (χ4n) is 4.46. The number of rotatable bonds is 9. The lowest BCUT2D eigenvalue weighted by Gasteiger charge is -2.22. The van der Waals surface area contributed by atoms with E-state index in [4.69, 9.17) is 4.74 Å². The van der Waals surface area contributed by atoms with Gasteiger partial charge in [0, 0.05) is 18.1 Å². The van der Waals surface area contributed by atoms with Crippen molar-refractivity contribution < 1.29 is 19.0 Å². The van der Waals surface area contributed by atoms with Crippen LogP contribution >= 0.6 is 0 Å². The van der Waals surface area contributed by atoms with Crippen LogP contribution in [0, 0.1) is 5.82 Å². The molecule has 0 bridgehead atoms. The molecule has 0 unspecified atom stereocenters. The van der Waals surface area contributed by atoms with Gasteiger partial charge in [-0.05, 0) is 66.9 Å². The molecule has 3 aromatic carbocycles. The maximum Gasteiger partial charge on any atom is 0.220 e. The van der Waals surface area contributed by atoms with Crippen LogP contribution in [0.15, 0.2) is 97.3 Å². The van der Waals surface area contributed by atoms with Crippen LogP contribution in [0.3, 0.4) is 0 Å². The zero-order valence-electron chi connectivity index (χ0n) is 21.2. The van der Waals surface area contributed by atoms with Gasteiger partial charge in [-0.3, -0.25) is 14.7 Å². The fraction of sp³-hybridized carbons (Fsp3) is 0.161. The van der Waals surface area contributed by atoms with Gasteiger partial charge in [0.25, 0.3) is 0 Å². The molecule has 5 aromatic rings. The van der Waals surface area contributed by atoms with E-state index < -0.39 is 5.60 Å². The highest BCUT2D eigenvalue weighted by atomic mass is 19.1. The number of hydrogen-bond donors (Lipinski definition) is 1. The minimum atomic E-state index is -1.09. The number of carbonyl (C=O) groups is 1. The SMILES string of the molecule is CC(C)(O)c1ccc2c(c1)c(OCc1ccccc1)c(N(C=O)c1cccnc1)n2Cc1ccc(F)cc1. The van der Waals surface area contributed by atoms with E-state index in [1.807, 2.05) is 53.1 Å². The molecule has 0 aliphatic rings. The third-order valence-electron chi connectivity index (χ3n) is 6.43. The zero-order valence-corrected chi connectivity index (χ0v) is 21.2. The predicted octanol–water partition coefficient (Wildman–Crippen LogP) is 6.32. The number of anilines is 2. The number of fused-ring (bicyclic) bond motifs is 1. The predicted molar refractivity (Wildman–Crippen MR) is 146 cm³/mol. The quantitative estimate of drug-likeness (QED) is 0.236. The van der Waals surface area contributed by atoms with Gasteiger partial charge in [0.1, 0.15) is 12.4 Å². The summed E-state index contributed by atoms with van der Waals surface area (Å²) in [6, 6.07) is 25.3. The molecular weight excluding hydrogens is 481 g/mol. The number of benzene rings is 3. The molecule has 192 valence electrons. The zero-order chi connectivity index (χ0) is 26.7. The van der Waals surface area contributed by atoms with Crippen LogP contribution in [0.4, 0.5) is 15.9 Å². The Bertz CT molecular complexity index is 1540. The third-order valence-corrected chi connectivity index (χ3v) is 6.43. The van der Waals surface area contributed by atoms with Gasteiger partial charge in [-0.1, -0.05) is 48.5 Å². The first-order valence-electron chi connectivity index (χ1n) is 12.3. The number of hydrogen-bond acceptors (Lipinski definition) is 4. The molecule has 0 saturated heterocycles. The largest absolute Gasteiger partial charge is 0.484 e. The number of nitrogens with zero attached hydrogens (tertiary/aromatic N) is 3. The molecule has 38 heavy (non-hydrogen) atoms. The Morgan fingerprint density at radius 3 is 2.42 bits per heavy atom. The first-order chi connectivity index (χ1) is 18.3. The first kappa shape index (κ1) is 25.2. The lowest BCUT2D eigenvalue weighted by Crippen LogP contribution is -2.19. The molecule has 0 aliphatic heterocycles. The van der Waals surface area contributed by atoms with Crippen LogP contribution in [0.2, 0.25) is 0 Å². The fourth-order valence-corrected chi connectivity index (χ4v) is 4.46. The highest BCUT2D eigenvalue weighted by Gasteiger charge is 2.27. The summed E-state index contributed by atoms with van der Waals surface area (Å²) in [4.78, 5) is 18.3. The molecule has 0 radical (unpaired) electrons. The van der Waals surface area contributed by atoms with Gasteiger partial charge in [-0.25, -0.2) is 4.39 Å². The molecule has 7 heteroatoms. The first-order valence-corrected chi connectivity index (χ1v) is 12.3. The van der Waals surface area contributed by atoms with Crippen molar-refractivity contribution >= 4 is 28.8 Å². The molecule has 6 nitrogen and oxygen atoms in total. The number of carbonyl (C=O) groups excluding carboxylic acids is 1. The van der Waals surface area contributed by atoms with Crippen molar-refractivity contribution in [3.63, 3.8) is 0 Å². The summed E-state index contributed by atoms with van der Waals surface area (Å²) in [7, 11) is 0. The number of halogens is 1. The van der Waals surface area contributed by atoms with Crippen molar-refractivity contribution in [1.29, 1.82) is 0 Å². The Balaban J connectivity index is 1.76. The van der Waals surface area contributed by atoms with Crippen molar-refractivity contribution in [3.05, 3.63) is 120 Å². The van der Waals surface area contributed by atoms with Crippen LogP contribution in [0.1, 0.15) is 30.5 Å². The standard InChI is InChI=1S/C31H28FN3O3/c1-31(2,37)24-12-15-28-27(17-24)29(38-20-23-7-4-3-5-8-23)30(35(21-36)26-9-6-16-33-18-26)34(28)19-22-10-13-25(32)14-11-22/h3-18,21,37H,19-20H2,1-2H3. The van der Waals surface area contributed by atoms with E-state index in [9.17, 15) is 14.3 Å². The molecule has 1 amide bonds. The second kappa shape index (κ2) is 10.5. The average molecular weight is 510 g/mol. The van der Waals surface area contributed by atoms with Crippen molar-refractivity contribution in [3.8, 4) is 5.75 Å². The summed E-state index contributed by atoms with van der Waals surface area (Å²) in [5, 5.41) is 11.5. The molecule has 1 N–H and O–H groups in total. The Labute approximate surface area is 220 Å². The molecule has 0 fully saturated rings. The van der Waals surface area contributed by atoms with E-state index >= 15 is 0 Å². The highest BCUT2D eigenvalue weighted by Crippen LogP contribution is 2.44.